The normalized spacial score (nSPS) is 14.4. The van der Waals surface area contributed by atoms with Gasteiger partial charge in [-0.05, 0) is 93.8 Å². The molecule has 0 atom stereocenters. The summed E-state index contributed by atoms with van der Waals surface area (Å²) in [7, 11) is 2.28. The second-order valence-corrected chi connectivity index (χ2v) is 14.7. The van der Waals surface area contributed by atoms with E-state index in [9.17, 15) is 9.59 Å². The molecule has 0 amide bonds. The maximum atomic E-state index is 11.8. The highest BCUT2D eigenvalue weighted by atomic mass is 79.9. The molecule has 1 fully saturated rings. The molecule has 6 aromatic rings. The van der Waals surface area contributed by atoms with E-state index in [1.165, 1.54) is 14.2 Å². The van der Waals surface area contributed by atoms with E-state index in [1.807, 2.05) is 52.0 Å². The summed E-state index contributed by atoms with van der Waals surface area (Å²) in [5, 5.41) is 13.3. The van der Waals surface area contributed by atoms with Crippen LogP contribution in [0.5, 0.6) is 0 Å². The predicted octanol–water partition coefficient (Wildman–Crippen LogP) is 7.77. The number of benzene rings is 2. The van der Waals surface area contributed by atoms with Crippen molar-refractivity contribution in [1.29, 1.82) is 0 Å². The Morgan fingerprint density at radius 3 is 2.02 bits per heavy atom. The highest BCUT2D eigenvalue weighted by molar-refractivity contribution is 9.10. The fourth-order valence-electron chi connectivity index (χ4n) is 4.84. The molecular weight excluding hydrogens is 830 g/mol. The third-order valence-corrected chi connectivity index (χ3v) is 9.39. The fourth-order valence-corrected chi connectivity index (χ4v) is 6.57. The number of hydrogen-bond acceptors (Lipinski definition) is 10. The summed E-state index contributed by atoms with van der Waals surface area (Å²) in [5.74, 6) is -0.941. The highest BCUT2D eigenvalue weighted by Crippen LogP contribution is 2.37. The van der Waals surface area contributed by atoms with E-state index in [0.717, 1.165) is 14.4 Å². The number of rotatable bonds is 4. The average molecular weight is 861 g/mol. The number of aromatic nitrogens is 6. The fraction of sp³-hybridized carbons (Fsp3) is 0.235. The number of carbonyl (C=O) groups is 2. The van der Waals surface area contributed by atoms with E-state index in [2.05, 4.69) is 61.9 Å². The molecule has 2 aromatic carbocycles. The molecule has 0 radical (unpaired) electrons. The number of fused-ring (bicyclic) bond motifs is 2. The van der Waals surface area contributed by atoms with E-state index < -0.39 is 11.9 Å². The van der Waals surface area contributed by atoms with Crippen LogP contribution >= 0.6 is 55.1 Å². The van der Waals surface area contributed by atoms with Crippen molar-refractivity contribution in [2.24, 2.45) is 0 Å². The minimum Gasteiger partial charge on any atom is -0.464 e. The van der Waals surface area contributed by atoms with E-state index >= 15 is 0 Å². The Morgan fingerprint density at radius 2 is 1.41 bits per heavy atom. The van der Waals surface area contributed by atoms with Gasteiger partial charge in [-0.1, -0.05) is 55.1 Å². The lowest BCUT2D eigenvalue weighted by atomic mass is 9.79. The smallest absolute Gasteiger partial charge is 0.464 e. The number of hydrogen-bond donors (Lipinski definition) is 1. The van der Waals surface area contributed by atoms with E-state index in [0.29, 0.717) is 43.5 Å². The Labute approximate surface area is 320 Å². The van der Waals surface area contributed by atoms with Crippen LogP contribution in [0.15, 0.2) is 82.0 Å². The summed E-state index contributed by atoms with van der Waals surface area (Å²) in [6.45, 7) is 8.14. The topological polar surface area (TPSA) is 143 Å². The van der Waals surface area contributed by atoms with Crippen LogP contribution in [0, 0.1) is 0 Å². The van der Waals surface area contributed by atoms with Crippen molar-refractivity contribution in [3.8, 4) is 5.69 Å². The number of nitrogens with one attached hydrogen (secondary N) is 1. The summed E-state index contributed by atoms with van der Waals surface area (Å²) in [5.41, 5.74) is 2.62. The number of carbonyl (C=O) groups excluding carboxylic acids is 2. The van der Waals surface area contributed by atoms with Crippen LogP contribution in [0.2, 0.25) is 10.0 Å². The zero-order chi connectivity index (χ0) is 37.1. The molecule has 12 nitrogen and oxygen atoms in total. The molecule has 5 heterocycles. The number of methoxy groups -OCH3 is 2. The maximum Gasteiger partial charge on any atom is 0.494 e. The number of pyridine rings is 2. The van der Waals surface area contributed by atoms with E-state index in [4.69, 9.17) is 37.2 Å². The van der Waals surface area contributed by atoms with E-state index in [-0.39, 0.29) is 24.0 Å². The van der Waals surface area contributed by atoms with Crippen molar-refractivity contribution in [3.63, 3.8) is 0 Å². The molecule has 0 unspecified atom stereocenters. The van der Waals surface area contributed by atoms with Gasteiger partial charge in [0.1, 0.15) is 0 Å². The molecule has 264 valence electrons. The summed E-state index contributed by atoms with van der Waals surface area (Å²) in [6.07, 6.45) is 3.26. The van der Waals surface area contributed by atoms with Gasteiger partial charge in [0.15, 0.2) is 22.7 Å². The average Bonchev–Trinajstić information content (AvgIpc) is 3.75. The van der Waals surface area contributed by atoms with Crippen LogP contribution in [0.3, 0.4) is 0 Å². The molecule has 1 saturated heterocycles. The second-order valence-electron chi connectivity index (χ2n) is 12.0. The van der Waals surface area contributed by atoms with Crippen LogP contribution in [-0.4, -0.2) is 74.4 Å². The predicted molar refractivity (Wildman–Crippen MR) is 203 cm³/mol. The number of halogens is 4. The Bertz CT molecular complexity index is 2170. The Kier molecular flexibility index (Phi) is 11.9. The molecule has 0 saturated carbocycles. The lowest BCUT2D eigenvalue weighted by molar-refractivity contribution is 0.00578. The van der Waals surface area contributed by atoms with Crippen molar-refractivity contribution in [1.82, 2.24) is 29.9 Å². The Balaban J connectivity index is 0.000000153. The van der Waals surface area contributed by atoms with Gasteiger partial charge in [0, 0.05) is 31.4 Å². The molecule has 51 heavy (non-hydrogen) atoms. The minimum atomic E-state index is -0.507. The number of H-pyrrole nitrogens is 1. The first-order valence-corrected chi connectivity index (χ1v) is 17.6. The molecule has 17 heteroatoms. The van der Waals surface area contributed by atoms with Gasteiger partial charge in [-0.25, -0.2) is 24.2 Å². The van der Waals surface area contributed by atoms with Crippen LogP contribution in [-0.2, 0) is 18.8 Å². The quantitative estimate of drug-likeness (QED) is 0.138. The second kappa shape index (κ2) is 15.8. The maximum absolute atomic E-state index is 11.8. The number of nitrogens with zero attached hydrogens (tertiary/aromatic N) is 5. The number of esters is 2. The molecule has 1 N–H and O–H groups in total. The largest absolute Gasteiger partial charge is 0.494 e. The Morgan fingerprint density at radius 1 is 0.824 bits per heavy atom. The number of ether oxygens (including phenoxy) is 2. The molecular formula is C34H31BBr2Cl2N6O6. The third kappa shape index (κ3) is 8.62. The molecule has 0 bridgehead atoms. The van der Waals surface area contributed by atoms with Gasteiger partial charge in [-0.15, -0.1) is 0 Å². The number of aromatic amines is 1. The van der Waals surface area contributed by atoms with Gasteiger partial charge in [-0.3, -0.25) is 5.10 Å². The summed E-state index contributed by atoms with van der Waals surface area (Å²) in [6, 6.07) is 18.1. The molecule has 4 aromatic heterocycles. The van der Waals surface area contributed by atoms with Crippen molar-refractivity contribution >= 4 is 102 Å². The molecule has 0 aliphatic carbocycles. The van der Waals surface area contributed by atoms with Gasteiger partial charge in [-0.2, -0.15) is 10.2 Å². The van der Waals surface area contributed by atoms with E-state index in [1.54, 1.807) is 53.5 Å². The zero-order valence-electron chi connectivity index (χ0n) is 28.2. The van der Waals surface area contributed by atoms with Gasteiger partial charge in [0.05, 0.1) is 41.9 Å². The van der Waals surface area contributed by atoms with Crippen LogP contribution in [0.25, 0.3) is 27.8 Å². The van der Waals surface area contributed by atoms with Gasteiger partial charge in [0.25, 0.3) is 0 Å². The van der Waals surface area contributed by atoms with Crippen molar-refractivity contribution in [2.75, 3.05) is 14.2 Å². The van der Waals surface area contributed by atoms with Crippen LogP contribution < -0.4 is 5.46 Å². The lowest BCUT2D eigenvalue weighted by Gasteiger charge is -2.32. The summed E-state index contributed by atoms with van der Waals surface area (Å²) < 4.78 is 24.5. The summed E-state index contributed by atoms with van der Waals surface area (Å²) in [4.78, 5) is 31.3. The van der Waals surface area contributed by atoms with Gasteiger partial charge < -0.3 is 18.8 Å². The lowest BCUT2D eigenvalue weighted by Crippen LogP contribution is -2.41. The highest BCUT2D eigenvalue weighted by Gasteiger charge is 2.51. The Hall–Kier alpha value is -3.86. The summed E-state index contributed by atoms with van der Waals surface area (Å²) >= 11 is 18.9. The van der Waals surface area contributed by atoms with Crippen LogP contribution in [0.4, 0.5) is 0 Å². The first-order chi connectivity index (χ1) is 24.1. The zero-order valence-corrected chi connectivity index (χ0v) is 32.9. The first kappa shape index (κ1) is 38.4. The third-order valence-electron chi connectivity index (χ3n) is 8.04. The van der Waals surface area contributed by atoms with Crippen molar-refractivity contribution in [3.05, 3.63) is 103 Å². The van der Waals surface area contributed by atoms with Gasteiger partial charge >= 0.3 is 19.1 Å². The first-order valence-electron chi connectivity index (χ1n) is 15.2. The van der Waals surface area contributed by atoms with Crippen molar-refractivity contribution in [2.45, 2.75) is 38.9 Å². The molecule has 7 rings (SSSR count). The standard InChI is InChI=1S/C14H9BrClN3O2.C12H15BBrClO2.C8H7N3O2/c1-21-14(20)12-11-3-2-4-17-13(11)19(18-12)10-6-8(15)5-9(16)7-10;1-11(2)12(3,4)17-13(16-11)8-5-9(14)7-10(15)6-8;1-13-8(12)6-5-3-2-4-9-7(5)11-10-6/h2-7H,1H3;5-7H,1-4H3;2-4H,1H3,(H,9,10,11). The SMILES string of the molecule is CC1(C)OB(c2cc(Cl)cc(Br)c2)OC1(C)C.COC(=O)c1[nH]nc2ncccc12.COC(=O)c1nn(-c2cc(Cl)cc(Br)c2)c2ncccc12. The van der Waals surface area contributed by atoms with Crippen LogP contribution in [0.1, 0.15) is 48.7 Å². The molecule has 0 spiro atoms. The molecule has 1 aliphatic rings. The minimum absolute atomic E-state index is 0.219. The van der Waals surface area contributed by atoms with Gasteiger partial charge in [0.2, 0.25) is 0 Å². The monoisotopic (exact) mass is 858 g/mol. The van der Waals surface area contributed by atoms with Crippen molar-refractivity contribution < 1.29 is 28.4 Å². The molecule has 1 aliphatic heterocycles.